The van der Waals surface area contributed by atoms with Crippen molar-refractivity contribution in [1.29, 1.82) is 0 Å². The summed E-state index contributed by atoms with van der Waals surface area (Å²) in [7, 11) is 6.94. The van der Waals surface area contributed by atoms with Crippen LogP contribution in [0.25, 0.3) is 33.3 Å². The van der Waals surface area contributed by atoms with E-state index in [1.165, 1.54) is 22.3 Å². The molecule has 0 spiro atoms. The third-order valence-electron chi connectivity index (χ3n) is 8.39. The summed E-state index contributed by atoms with van der Waals surface area (Å²) in [6, 6.07) is 64.0. The number of anilines is 3. The third-order valence-corrected chi connectivity index (χ3v) is 8.39. The van der Waals surface area contributed by atoms with E-state index in [2.05, 4.69) is 138 Å². The van der Waals surface area contributed by atoms with Crippen LogP contribution in [-0.4, -0.2) is 13.0 Å². The molecule has 2 radical (unpaired) electrons. The molecule has 0 amide bonds. The molecule has 0 aliphatic carbocycles. The molecular formula is C44H32BNO. The monoisotopic (exact) mass is 601 g/mol. The lowest BCUT2D eigenvalue weighted by molar-refractivity contribution is 0.475. The van der Waals surface area contributed by atoms with Gasteiger partial charge in [0.1, 0.15) is 13.6 Å². The number of hydrogen-bond acceptors (Lipinski definition) is 2. The lowest BCUT2D eigenvalue weighted by atomic mass is 9.79. The first-order chi connectivity index (χ1) is 23.1. The van der Waals surface area contributed by atoms with Crippen LogP contribution in [0.1, 0.15) is 16.7 Å². The zero-order valence-electron chi connectivity index (χ0n) is 25.9. The zero-order valence-corrected chi connectivity index (χ0v) is 25.9. The molecule has 47 heavy (non-hydrogen) atoms. The van der Waals surface area contributed by atoms with Crippen LogP contribution in [0.2, 0.25) is 0 Å². The summed E-state index contributed by atoms with van der Waals surface area (Å²) in [5.41, 5.74) is 12.3. The summed E-state index contributed by atoms with van der Waals surface area (Å²) in [6.45, 7) is 0. The molecule has 0 heterocycles. The van der Waals surface area contributed by atoms with E-state index in [1.807, 2.05) is 42.5 Å². The molecule has 2 nitrogen and oxygen atoms in total. The van der Waals surface area contributed by atoms with Gasteiger partial charge in [-0.05, 0) is 93.0 Å². The molecule has 0 atom stereocenters. The Kier molecular flexibility index (Phi) is 8.53. The van der Waals surface area contributed by atoms with Crippen molar-refractivity contribution in [2.45, 2.75) is 0 Å². The molecule has 222 valence electrons. The summed E-state index contributed by atoms with van der Waals surface area (Å²) in [5, 5.41) is 9.93. The number of rotatable bonds is 8. The number of phenolic OH excluding ortho intramolecular Hbond substituents is 1. The van der Waals surface area contributed by atoms with Gasteiger partial charge in [0.2, 0.25) is 0 Å². The van der Waals surface area contributed by atoms with Gasteiger partial charge in [-0.2, -0.15) is 0 Å². The summed E-state index contributed by atoms with van der Waals surface area (Å²) in [4.78, 5) is 2.27. The van der Waals surface area contributed by atoms with E-state index in [0.717, 1.165) is 39.3 Å². The lowest BCUT2D eigenvalue weighted by Crippen LogP contribution is -2.10. The fraction of sp³-hybridized carbons (Fsp3) is 0. The smallest absolute Gasteiger partial charge is 0.115 e. The SMILES string of the molecule is [B]C(=C(c1ccccc1)c1ccc(O)cc1)c1ccc(N(c2ccc(-c3ccccc3)cc2)c2ccc(-c3ccccc3)cc2)cc1. The maximum absolute atomic E-state index is 9.93. The molecule has 0 unspecified atom stereocenters. The number of phenols is 1. The van der Waals surface area contributed by atoms with Crippen molar-refractivity contribution in [3.05, 3.63) is 205 Å². The predicted octanol–water partition coefficient (Wildman–Crippen LogP) is 11.3. The Hall–Kier alpha value is -6.06. The predicted molar refractivity (Wildman–Crippen MR) is 198 cm³/mol. The van der Waals surface area contributed by atoms with Crippen LogP contribution in [0.3, 0.4) is 0 Å². The number of benzene rings is 7. The fourth-order valence-corrected chi connectivity index (χ4v) is 5.96. The van der Waals surface area contributed by atoms with Crippen molar-refractivity contribution < 1.29 is 5.11 Å². The van der Waals surface area contributed by atoms with Crippen LogP contribution in [0.15, 0.2) is 188 Å². The van der Waals surface area contributed by atoms with Crippen molar-refractivity contribution in [2.24, 2.45) is 0 Å². The van der Waals surface area contributed by atoms with Gasteiger partial charge < -0.3 is 10.0 Å². The van der Waals surface area contributed by atoms with Gasteiger partial charge in [0, 0.05) is 17.1 Å². The van der Waals surface area contributed by atoms with Gasteiger partial charge in [0.25, 0.3) is 0 Å². The molecule has 7 aromatic carbocycles. The molecule has 0 aliphatic heterocycles. The highest BCUT2D eigenvalue weighted by Gasteiger charge is 2.15. The minimum atomic E-state index is 0.220. The van der Waals surface area contributed by atoms with Crippen molar-refractivity contribution >= 4 is 36.0 Å². The maximum atomic E-state index is 9.93. The third kappa shape index (κ3) is 6.52. The van der Waals surface area contributed by atoms with E-state index in [9.17, 15) is 5.11 Å². The van der Waals surface area contributed by atoms with Gasteiger partial charge in [0.05, 0.1) is 0 Å². The van der Waals surface area contributed by atoms with Gasteiger partial charge in [0.15, 0.2) is 0 Å². The Bertz CT molecular complexity index is 2010. The summed E-state index contributed by atoms with van der Waals surface area (Å²) >= 11 is 0. The first-order valence-corrected chi connectivity index (χ1v) is 15.7. The molecule has 1 N–H and O–H groups in total. The van der Waals surface area contributed by atoms with E-state index in [-0.39, 0.29) is 5.75 Å². The largest absolute Gasteiger partial charge is 0.508 e. The Morgan fingerprint density at radius 3 is 1.15 bits per heavy atom. The van der Waals surface area contributed by atoms with Crippen LogP contribution >= 0.6 is 0 Å². The highest BCUT2D eigenvalue weighted by molar-refractivity contribution is 6.47. The van der Waals surface area contributed by atoms with Crippen LogP contribution in [0.4, 0.5) is 17.1 Å². The molecule has 0 fully saturated rings. The average molecular weight is 602 g/mol. The lowest BCUT2D eigenvalue weighted by Gasteiger charge is -2.26. The minimum absolute atomic E-state index is 0.220. The molecule has 0 aromatic heterocycles. The van der Waals surface area contributed by atoms with E-state index in [4.69, 9.17) is 7.85 Å². The Morgan fingerprint density at radius 2 is 0.702 bits per heavy atom. The van der Waals surface area contributed by atoms with E-state index in [0.29, 0.717) is 5.47 Å². The summed E-state index contributed by atoms with van der Waals surface area (Å²) < 4.78 is 0. The zero-order chi connectivity index (χ0) is 32.0. The molecular weight excluding hydrogens is 569 g/mol. The number of nitrogens with zero attached hydrogens (tertiary/aromatic N) is 1. The van der Waals surface area contributed by atoms with Crippen molar-refractivity contribution in [3.8, 4) is 28.0 Å². The van der Waals surface area contributed by atoms with Crippen molar-refractivity contribution in [1.82, 2.24) is 0 Å². The normalized spacial score (nSPS) is 11.5. The molecule has 7 aromatic rings. The van der Waals surface area contributed by atoms with Gasteiger partial charge in [-0.3, -0.25) is 0 Å². The summed E-state index contributed by atoms with van der Waals surface area (Å²) in [6.07, 6.45) is 0. The maximum Gasteiger partial charge on any atom is 0.115 e. The highest BCUT2D eigenvalue weighted by atomic mass is 16.3. The van der Waals surface area contributed by atoms with Crippen LogP contribution in [-0.2, 0) is 0 Å². The average Bonchev–Trinajstić information content (AvgIpc) is 3.15. The molecule has 0 saturated carbocycles. The minimum Gasteiger partial charge on any atom is -0.508 e. The second kappa shape index (κ2) is 13.5. The van der Waals surface area contributed by atoms with E-state index < -0.39 is 0 Å². The van der Waals surface area contributed by atoms with Gasteiger partial charge in [-0.25, -0.2) is 0 Å². The Labute approximate surface area is 278 Å². The molecule has 0 saturated heterocycles. The second-order valence-corrected chi connectivity index (χ2v) is 11.4. The summed E-state index contributed by atoms with van der Waals surface area (Å²) in [5.74, 6) is 0.220. The molecule has 0 aliphatic rings. The van der Waals surface area contributed by atoms with E-state index in [1.54, 1.807) is 12.1 Å². The first-order valence-electron chi connectivity index (χ1n) is 15.7. The standard InChI is InChI=1S/C44H32BNO/c45-44(43(36-14-8-3-9-15-36)37-22-30-42(47)31-23-37)38-20-28-41(29-21-38)46(39-24-16-34(17-25-39)32-10-4-1-5-11-32)40-26-18-35(19-27-40)33-12-6-2-7-13-33/h1-31,47H. The topological polar surface area (TPSA) is 23.5 Å². The van der Waals surface area contributed by atoms with Gasteiger partial charge in [-0.1, -0.05) is 145 Å². The first kappa shape index (κ1) is 29.6. The van der Waals surface area contributed by atoms with Gasteiger partial charge >= 0.3 is 0 Å². The van der Waals surface area contributed by atoms with Crippen LogP contribution in [0.5, 0.6) is 5.75 Å². The number of hydrogen-bond donors (Lipinski definition) is 1. The number of aromatic hydroxyl groups is 1. The highest BCUT2D eigenvalue weighted by Crippen LogP contribution is 2.38. The Morgan fingerprint density at radius 1 is 0.362 bits per heavy atom. The Balaban J connectivity index is 1.29. The van der Waals surface area contributed by atoms with Crippen LogP contribution < -0.4 is 4.90 Å². The van der Waals surface area contributed by atoms with Crippen molar-refractivity contribution in [3.63, 3.8) is 0 Å². The van der Waals surface area contributed by atoms with E-state index >= 15 is 0 Å². The van der Waals surface area contributed by atoms with Crippen LogP contribution in [0, 0.1) is 0 Å². The second-order valence-electron chi connectivity index (χ2n) is 11.4. The molecule has 3 heteroatoms. The molecule has 7 rings (SSSR count). The van der Waals surface area contributed by atoms with Crippen molar-refractivity contribution in [2.75, 3.05) is 4.90 Å². The molecule has 0 bridgehead atoms. The quantitative estimate of drug-likeness (QED) is 0.138. The fourth-order valence-electron chi connectivity index (χ4n) is 5.96. The van der Waals surface area contributed by atoms with Gasteiger partial charge in [-0.15, -0.1) is 0 Å².